The van der Waals surface area contributed by atoms with Gasteiger partial charge < -0.3 is 5.32 Å². The topological polar surface area (TPSA) is 12.0 Å². The second-order valence-electron chi connectivity index (χ2n) is 5.40. The SMILES string of the molecule is CCCC1(CNC(C)c2ccc(I)cc2)CC1. The standard InChI is InChI=1S/C15H22IN/c1-3-8-15(9-10-15)11-17-12(2)13-4-6-14(16)7-5-13/h4-7,12,17H,3,8-11H2,1-2H3. The third-order valence-corrected chi connectivity index (χ3v) is 4.61. The van der Waals surface area contributed by atoms with Crippen molar-refractivity contribution in [1.29, 1.82) is 0 Å². The quantitative estimate of drug-likeness (QED) is 0.749. The number of nitrogens with one attached hydrogen (secondary N) is 1. The van der Waals surface area contributed by atoms with Gasteiger partial charge in [-0.3, -0.25) is 0 Å². The van der Waals surface area contributed by atoms with E-state index in [0.717, 1.165) is 0 Å². The summed E-state index contributed by atoms with van der Waals surface area (Å²) in [5.41, 5.74) is 2.05. The molecule has 1 aliphatic carbocycles. The highest BCUT2D eigenvalue weighted by Crippen LogP contribution is 2.49. The van der Waals surface area contributed by atoms with Gasteiger partial charge in [0.05, 0.1) is 0 Å². The van der Waals surface area contributed by atoms with Crippen molar-refractivity contribution < 1.29 is 0 Å². The Hall–Kier alpha value is -0.0900. The predicted molar refractivity (Wildman–Crippen MR) is 82.2 cm³/mol. The third kappa shape index (κ3) is 3.68. The normalized spacial score (nSPS) is 19.0. The number of hydrogen-bond acceptors (Lipinski definition) is 1. The van der Waals surface area contributed by atoms with Crippen LogP contribution in [-0.4, -0.2) is 6.54 Å². The van der Waals surface area contributed by atoms with E-state index in [1.54, 1.807) is 0 Å². The lowest BCUT2D eigenvalue weighted by molar-refractivity contribution is 0.397. The smallest absolute Gasteiger partial charge is 0.0292 e. The van der Waals surface area contributed by atoms with Crippen molar-refractivity contribution in [3.63, 3.8) is 0 Å². The first-order chi connectivity index (χ1) is 8.15. The molecule has 0 heterocycles. The molecule has 0 bridgehead atoms. The largest absolute Gasteiger partial charge is 0.310 e. The zero-order valence-electron chi connectivity index (χ0n) is 10.8. The van der Waals surface area contributed by atoms with Gasteiger partial charge in [0.2, 0.25) is 0 Å². The van der Waals surface area contributed by atoms with Gasteiger partial charge in [0.1, 0.15) is 0 Å². The predicted octanol–water partition coefficient (Wildman–Crippen LogP) is 4.52. The molecule has 1 aliphatic rings. The van der Waals surface area contributed by atoms with Crippen molar-refractivity contribution in [2.75, 3.05) is 6.54 Å². The van der Waals surface area contributed by atoms with Crippen LogP contribution in [-0.2, 0) is 0 Å². The van der Waals surface area contributed by atoms with Crippen molar-refractivity contribution in [2.24, 2.45) is 5.41 Å². The number of rotatable bonds is 6. The molecule has 0 radical (unpaired) electrons. The minimum atomic E-state index is 0.473. The molecule has 0 saturated heterocycles. The molecule has 1 saturated carbocycles. The summed E-state index contributed by atoms with van der Waals surface area (Å²) in [6.45, 7) is 5.75. The Bertz CT molecular complexity index is 354. The summed E-state index contributed by atoms with van der Waals surface area (Å²) in [6, 6.07) is 9.32. The number of hydrogen-bond donors (Lipinski definition) is 1. The molecule has 1 unspecified atom stereocenters. The molecule has 0 aliphatic heterocycles. The molecule has 0 aromatic heterocycles. The van der Waals surface area contributed by atoms with Crippen molar-refractivity contribution >= 4 is 22.6 Å². The average molecular weight is 343 g/mol. The number of halogens is 1. The van der Waals surface area contributed by atoms with E-state index in [9.17, 15) is 0 Å². The van der Waals surface area contributed by atoms with Gasteiger partial charge in [-0.05, 0) is 71.9 Å². The fourth-order valence-corrected chi connectivity index (χ4v) is 2.82. The van der Waals surface area contributed by atoms with Crippen LogP contribution in [0, 0.1) is 8.99 Å². The molecule has 0 spiro atoms. The first-order valence-corrected chi connectivity index (χ1v) is 7.72. The molecule has 1 N–H and O–H groups in total. The summed E-state index contributed by atoms with van der Waals surface area (Å²) < 4.78 is 1.31. The highest BCUT2D eigenvalue weighted by molar-refractivity contribution is 14.1. The van der Waals surface area contributed by atoms with Gasteiger partial charge in [0.25, 0.3) is 0 Å². The van der Waals surface area contributed by atoms with Crippen LogP contribution in [0.1, 0.15) is 51.1 Å². The summed E-state index contributed by atoms with van der Waals surface area (Å²) in [6.07, 6.45) is 5.56. The van der Waals surface area contributed by atoms with Gasteiger partial charge in [-0.15, -0.1) is 0 Å². The molecular weight excluding hydrogens is 321 g/mol. The van der Waals surface area contributed by atoms with Gasteiger partial charge in [-0.25, -0.2) is 0 Å². The summed E-state index contributed by atoms with van der Waals surface area (Å²) in [5, 5.41) is 3.70. The highest BCUT2D eigenvalue weighted by Gasteiger charge is 2.41. The van der Waals surface area contributed by atoms with E-state index in [1.165, 1.54) is 41.4 Å². The first kappa shape index (κ1) is 13.3. The molecule has 94 valence electrons. The molecule has 1 nitrogen and oxygen atoms in total. The van der Waals surface area contributed by atoms with Gasteiger partial charge in [0, 0.05) is 16.2 Å². The lowest BCUT2D eigenvalue weighted by Crippen LogP contribution is -2.26. The fourth-order valence-electron chi connectivity index (χ4n) is 2.46. The van der Waals surface area contributed by atoms with E-state index in [0.29, 0.717) is 11.5 Å². The average Bonchev–Trinajstić information content (AvgIpc) is 3.08. The van der Waals surface area contributed by atoms with Crippen molar-refractivity contribution in [3.05, 3.63) is 33.4 Å². The minimum Gasteiger partial charge on any atom is -0.310 e. The Morgan fingerprint density at radius 3 is 2.47 bits per heavy atom. The Morgan fingerprint density at radius 2 is 1.94 bits per heavy atom. The first-order valence-electron chi connectivity index (χ1n) is 6.64. The zero-order valence-corrected chi connectivity index (χ0v) is 13.0. The summed E-state index contributed by atoms with van der Waals surface area (Å²) in [5.74, 6) is 0. The van der Waals surface area contributed by atoms with Crippen molar-refractivity contribution in [3.8, 4) is 0 Å². The lowest BCUT2D eigenvalue weighted by atomic mass is 9.99. The van der Waals surface area contributed by atoms with E-state index in [2.05, 4.69) is 66.0 Å². The summed E-state index contributed by atoms with van der Waals surface area (Å²) in [4.78, 5) is 0. The van der Waals surface area contributed by atoms with E-state index < -0.39 is 0 Å². The maximum absolute atomic E-state index is 3.70. The Kier molecular flexibility index (Phi) is 4.47. The van der Waals surface area contributed by atoms with Crippen LogP contribution < -0.4 is 5.32 Å². The van der Waals surface area contributed by atoms with Crippen LogP contribution in [0.3, 0.4) is 0 Å². The summed E-state index contributed by atoms with van der Waals surface area (Å²) in [7, 11) is 0. The molecular formula is C15H22IN. The van der Waals surface area contributed by atoms with Crippen LogP contribution in [0.5, 0.6) is 0 Å². The summed E-state index contributed by atoms with van der Waals surface area (Å²) >= 11 is 2.35. The maximum Gasteiger partial charge on any atom is 0.0292 e. The second-order valence-corrected chi connectivity index (χ2v) is 6.65. The van der Waals surface area contributed by atoms with E-state index in [-0.39, 0.29) is 0 Å². The number of benzene rings is 1. The minimum absolute atomic E-state index is 0.473. The van der Waals surface area contributed by atoms with E-state index in [4.69, 9.17) is 0 Å². The molecule has 2 heteroatoms. The van der Waals surface area contributed by atoms with Gasteiger partial charge in [-0.1, -0.05) is 25.5 Å². The highest BCUT2D eigenvalue weighted by atomic mass is 127. The fraction of sp³-hybridized carbons (Fsp3) is 0.600. The lowest BCUT2D eigenvalue weighted by Gasteiger charge is -2.20. The van der Waals surface area contributed by atoms with E-state index >= 15 is 0 Å². The molecule has 17 heavy (non-hydrogen) atoms. The second kappa shape index (κ2) is 5.70. The third-order valence-electron chi connectivity index (χ3n) is 3.89. The van der Waals surface area contributed by atoms with Gasteiger partial charge in [-0.2, -0.15) is 0 Å². The van der Waals surface area contributed by atoms with Gasteiger partial charge in [0.15, 0.2) is 0 Å². The van der Waals surface area contributed by atoms with Crippen LogP contribution >= 0.6 is 22.6 Å². The molecule has 0 amide bonds. The van der Waals surface area contributed by atoms with E-state index in [1.807, 2.05) is 0 Å². The molecule has 1 aromatic carbocycles. The van der Waals surface area contributed by atoms with Crippen molar-refractivity contribution in [2.45, 2.75) is 45.6 Å². The van der Waals surface area contributed by atoms with Crippen LogP contribution in [0.25, 0.3) is 0 Å². The Balaban J connectivity index is 1.85. The maximum atomic E-state index is 3.70. The van der Waals surface area contributed by atoms with Crippen LogP contribution in [0.15, 0.2) is 24.3 Å². The molecule has 1 fully saturated rings. The Labute approximate surface area is 119 Å². The molecule has 1 aromatic rings. The van der Waals surface area contributed by atoms with Crippen LogP contribution in [0.2, 0.25) is 0 Å². The molecule has 2 rings (SSSR count). The zero-order chi connectivity index (χ0) is 12.3. The van der Waals surface area contributed by atoms with Gasteiger partial charge >= 0.3 is 0 Å². The van der Waals surface area contributed by atoms with Crippen molar-refractivity contribution in [1.82, 2.24) is 5.32 Å². The monoisotopic (exact) mass is 343 g/mol. The Morgan fingerprint density at radius 1 is 1.29 bits per heavy atom. The molecule has 1 atom stereocenters. The van der Waals surface area contributed by atoms with Crippen LogP contribution in [0.4, 0.5) is 0 Å².